The topological polar surface area (TPSA) is 196 Å². The number of thioether (sulfide) groups is 2. The third-order valence-electron chi connectivity index (χ3n) is 5.27. The van der Waals surface area contributed by atoms with Crippen molar-refractivity contribution in [3.8, 4) is 5.88 Å². The van der Waals surface area contributed by atoms with Crippen LogP contribution in [-0.4, -0.2) is 89.5 Å². The zero-order chi connectivity index (χ0) is 29.8. The fourth-order valence-electron chi connectivity index (χ4n) is 3.31. The van der Waals surface area contributed by atoms with Crippen molar-refractivity contribution >= 4 is 69.2 Å². The van der Waals surface area contributed by atoms with E-state index in [1.807, 2.05) is 0 Å². The summed E-state index contributed by atoms with van der Waals surface area (Å²) >= 11 is 5.29. The average molecular weight is 665 g/mol. The van der Waals surface area contributed by atoms with Crippen molar-refractivity contribution in [2.45, 2.75) is 43.8 Å². The molecule has 3 heterocycles. The number of alkyl halides is 1. The van der Waals surface area contributed by atoms with E-state index in [4.69, 9.17) is 14.2 Å². The second kappa shape index (κ2) is 13.0. The summed E-state index contributed by atoms with van der Waals surface area (Å²) in [5.41, 5.74) is -1.12. The Hall–Kier alpha value is -3.12. The highest BCUT2D eigenvalue weighted by Crippen LogP contribution is 2.41. The number of ether oxygens (including phenoxy) is 3. The molecule has 0 aromatic carbocycles. The first-order chi connectivity index (χ1) is 18.7. The molecule has 2 amide bonds. The van der Waals surface area contributed by atoms with E-state index in [1.165, 1.54) is 23.5 Å². The number of carbonyl (C=O) groups is 5. The van der Waals surface area contributed by atoms with Gasteiger partial charge in [0.15, 0.2) is 10.9 Å². The van der Waals surface area contributed by atoms with Crippen molar-refractivity contribution in [2.75, 3.05) is 23.6 Å². The van der Waals surface area contributed by atoms with E-state index < -0.39 is 59.5 Å². The number of carbonyl (C=O) groups excluding carboxylic acids is 4. The molecular formula is C22H26BrN5O10S2. The van der Waals surface area contributed by atoms with Crippen molar-refractivity contribution in [1.82, 2.24) is 25.0 Å². The lowest BCUT2D eigenvalue weighted by Gasteiger charge is -2.49. The van der Waals surface area contributed by atoms with Crippen LogP contribution in [0, 0.1) is 5.41 Å². The van der Waals surface area contributed by atoms with E-state index in [0.29, 0.717) is 5.57 Å². The van der Waals surface area contributed by atoms with Crippen LogP contribution in [0.25, 0.3) is 0 Å². The van der Waals surface area contributed by atoms with E-state index >= 15 is 0 Å². The molecule has 2 aliphatic heterocycles. The molecular weight excluding hydrogens is 638 g/mol. The van der Waals surface area contributed by atoms with E-state index in [-0.39, 0.29) is 39.5 Å². The third kappa shape index (κ3) is 7.54. The fraction of sp³-hybridized carbons (Fsp3) is 0.545. The molecule has 1 saturated heterocycles. The number of amides is 2. The number of carboxylic acid groups (broad SMARTS) is 1. The molecule has 1 fully saturated rings. The summed E-state index contributed by atoms with van der Waals surface area (Å²) in [6, 6.07) is -0.941. The number of hydrogen-bond donors (Lipinski definition) is 2. The van der Waals surface area contributed by atoms with Crippen LogP contribution in [0.1, 0.15) is 27.2 Å². The van der Waals surface area contributed by atoms with Gasteiger partial charge in [0.05, 0.1) is 17.2 Å². The molecule has 0 spiro atoms. The van der Waals surface area contributed by atoms with E-state index in [9.17, 15) is 33.9 Å². The Labute approximate surface area is 244 Å². The summed E-state index contributed by atoms with van der Waals surface area (Å²) in [6.45, 7) is 4.47. The molecule has 0 unspecified atom stereocenters. The Morgan fingerprint density at radius 1 is 1.25 bits per heavy atom. The fourth-order valence-corrected chi connectivity index (χ4v) is 5.87. The largest absolute Gasteiger partial charge is 0.512 e. The molecule has 2 aliphatic rings. The molecule has 3 rings (SSSR count). The van der Waals surface area contributed by atoms with Crippen LogP contribution in [0.4, 0.5) is 4.79 Å². The van der Waals surface area contributed by atoms with Gasteiger partial charge >= 0.3 is 23.6 Å². The number of esters is 1. The number of nitrogens with one attached hydrogen (secondary N) is 1. The van der Waals surface area contributed by atoms with Gasteiger partial charge in [-0.15, -0.1) is 16.9 Å². The standard InChI is InChI=1S/C22H26BrN5O10S2/c1-22(2,3)19(33)37-9-36-15-14(31)25-20(27(4)26-15)40-8-10-7-39-18-13(24-12(30)5-11(29)6-23)16(32)28(18)17(10)38-21(34)35/h13,18H,5-9H2,1-4H3,(H,24,30)(H,34,35)/t13-,18-/m1/s1. The maximum atomic E-state index is 12.8. The zero-order valence-corrected chi connectivity index (χ0v) is 25.0. The number of halogens is 1. The van der Waals surface area contributed by atoms with E-state index in [2.05, 4.69) is 31.3 Å². The van der Waals surface area contributed by atoms with E-state index in [0.717, 1.165) is 16.7 Å². The highest BCUT2D eigenvalue weighted by Gasteiger charge is 2.54. The summed E-state index contributed by atoms with van der Waals surface area (Å²) in [4.78, 5) is 77.0. The maximum absolute atomic E-state index is 12.8. The summed E-state index contributed by atoms with van der Waals surface area (Å²) in [5, 5.41) is 15.3. The molecule has 0 saturated carbocycles. The molecule has 218 valence electrons. The molecule has 2 N–H and O–H groups in total. The summed E-state index contributed by atoms with van der Waals surface area (Å²) in [7, 11) is 1.50. The molecule has 18 heteroatoms. The molecule has 0 bridgehead atoms. The number of aromatic nitrogens is 3. The SMILES string of the molecule is Cn1nc(OCOC(=O)C(C)(C)C)c(=O)nc1SCC1=C(OC(=O)O)N2C(=O)[C@@H](NC(=O)CC(=O)CBr)[C@H]2SC1. The smallest absolute Gasteiger partial charge is 0.449 e. The molecule has 0 aliphatic carbocycles. The number of aryl methyl sites for hydroxylation is 1. The normalized spacial score (nSPS) is 18.4. The van der Waals surface area contributed by atoms with Gasteiger partial charge in [0.25, 0.3) is 5.91 Å². The van der Waals surface area contributed by atoms with Crippen molar-refractivity contribution in [1.29, 1.82) is 0 Å². The second-order valence-corrected chi connectivity index (χ2v) is 12.0. The predicted octanol–water partition coefficient (Wildman–Crippen LogP) is 0.853. The van der Waals surface area contributed by atoms with Gasteiger partial charge in [0.2, 0.25) is 18.6 Å². The molecule has 1 aromatic rings. The van der Waals surface area contributed by atoms with Gasteiger partial charge in [-0.25, -0.2) is 9.48 Å². The van der Waals surface area contributed by atoms with Gasteiger partial charge in [0, 0.05) is 24.1 Å². The molecule has 2 atom stereocenters. The Kier molecular flexibility index (Phi) is 10.2. The van der Waals surface area contributed by atoms with Crippen LogP contribution in [-0.2, 0) is 35.7 Å². The summed E-state index contributed by atoms with van der Waals surface area (Å²) in [6.07, 6.45) is -2.03. The van der Waals surface area contributed by atoms with Crippen LogP contribution in [0.15, 0.2) is 21.4 Å². The summed E-state index contributed by atoms with van der Waals surface area (Å²) in [5.74, 6) is -2.31. The maximum Gasteiger partial charge on any atom is 0.512 e. The highest BCUT2D eigenvalue weighted by atomic mass is 79.9. The number of hydrogen-bond acceptors (Lipinski definition) is 13. The molecule has 15 nitrogen and oxygen atoms in total. The van der Waals surface area contributed by atoms with Gasteiger partial charge in [-0.1, -0.05) is 27.7 Å². The number of fused-ring (bicyclic) bond motifs is 1. The predicted molar refractivity (Wildman–Crippen MR) is 144 cm³/mol. The minimum absolute atomic E-state index is 0.00228. The Morgan fingerprint density at radius 3 is 2.58 bits per heavy atom. The van der Waals surface area contributed by atoms with Crippen molar-refractivity contribution < 1.29 is 43.3 Å². The van der Waals surface area contributed by atoms with Crippen molar-refractivity contribution in [3.63, 3.8) is 0 Å². The van der Waals surface area contributed by atoms with Crippen molar-refractivity contribution in [2.24, 2.45) is 12.5 Å². The van der Waals surface area contributed by atoms with Crippen LogP contribution in [0.5, 0.6) is 5.88 Å². The van der Waals surface area contributed by atoms with Crippen LogP contribution in [0.2, 0.25) is 0 Å². The number of rotatable bonds is 11. The number of ketones is 1. The van der Waals surface area contributed by atoms with E-state index in [1.54, 1.807) is 20.8 Å². The van der Waals surface area contributed by atoms with Gasteiger partial charge in [-0.2, -0.15) is 4.98 Å². The van der Waals surface area contributed by atoms with Gasteiger partial charge in [0.1, 0.15) is 11.4 Å². The lowest BCUT2D eigenvalue weighted by molar-refractivity contribution is -0.160. The van der Waals surface area contributed by atoms with Crippen LogP contribution in [0.3, 0.4) is 0 Å². The molecule has 40 heavy (non-hydrogen) atoms. The number of Topliss-reactive ketones (excluding diaryl/α,β-unsaturated/α-hetero) is 1. The first kappa shape index (κ1) is 31.4. The Bertz CT molecular complexity index is 1310. The monoisotopic (exact) mass is 663 g/mol. The van der Waals surface area contributed by atoms with Crippen molar-refractivity contribution in [3.05, 3.63) is 21.8 Å². The first-order valence-electron chi connectivity index (χ1n) is 11.6. The molecule has 0 radical (unpaired) electrons. The minimum atomic E-state index is -1.63. The van der Waals surface area contributed by atoms with Crippen LogP contribution >= 0.6 is 39.5 Å². The lowest BCUT2D eigenvalue weighted by Crippen LogP contribution is -2.70. The number of β-lactam (4-membered cyclic amide) rings is 1. The number of nitrogens with zero attached hydrogens (tertiary/aromatic N) is 4. The first-order valence-corrected chi connectivity index (χ1v) is 14.7. The quantitative estimate of drug-likeness (QED) is 0.0844. The minimum Gasteiger partial charge on any atom is -0.449 e. The zero-order valence-electron chi connectivity index (χ0n) is 21.8. The Balaban J connectivity index is 1.69. The van der Waals surface area contributed by atoms with Gasteiger partial charge in [-0.05, 0) is 20.8 Å². The highest BCUT2D eigenvalue weighted by molar-refractivity contribution is 9.09. The summed E-state index contributed by atoms with van der Waals surface area (Å²) < 4.78 is 16.3. The molecule has 1 aromatic heterocycles. The average Bonchev–Trinajstić information content (AvgIpc) is 2.87. The van der Waals surface area contributed by atoms with Gasteiger partial charge in [-0.3, -0.25) is 28.9 Å². The van der Waals surface area contributed by atoms with Gasteiger partial charge < -0.3 is 24.6 Å². The lowest BCUT2D eigenvalue weighted by atomic mass is 9.98. The third-order valence-corrected chi connectivity index (χ3v) is 8.34. The van der Waals surface area contributed by atoms with Crippen LogP contribution < -0.4 is 15.6 Å². The second-order valence-electron chi connectivity index (χ2n) is 9.44. The Morgan fingerprint density at radius 2 is 1.95 bits per heavy atom.